The summed E-state index contributed by atoms with van der Waals surface area (Å²) in [7, 11) is -5.61. The first kappa shape index (κ1) is 19.3. The average Bonchev–Trinajstić information content (AvgIpc) is 2.85. The summed E-state index contributed by atoms with van der Waals surface area (Å²) in [6, 6.07) is 0.640. The van der Waals surface area contributed by atoms with Gasteiger partial charge >= 0.3 is 21.7 Å². The third-order valence-electron chi connectivity index (χ3n) is 2.75. The maximum absolute atomic E-state index is 12.5. The minimum absolute atomic E-state index is 0.0389. The lowest BCUT2D eigenvalue weighted by Gasteiger charge is -2.09. The molecule has 0 saturated carbocycles. The SMILES string of the molecule is O=S(=O)(Nc1cnn(Cc2ncc(C(F)(F)F)cc2Cl)c1)C(F)(F)F. The van der Waals surface area contributed by atoms with Gasteiger partial charge in [-0.2, -0.15) is 39.9 Å². The molecule has 0 atom stereocenters. The van der Waals surface area contributed by atoms with Crippen molar-refractivity contribution in [3.05, 3.63) is 40.9 Å². The molecule has 0 aliphatic carbocycles. The van der Waals surface area contributed by atoms with E-state index in [0.717, 1.165) is 17.1 Å². The van der Waals surface area contributed by atoms with Gasteiger partial charge in [0.05, 0.1) is 34.7 Å². The molecule has 0 spiro atoms. The predicted octanol–water partition coefficient (Wildman–Crippen LogP) is 3.26. The van der Waals surface area contributed by atoms with E-state index in [4.69, 9.17) is 11.6 Å². The highest BCUT2D eigenvalue weighted by molar-refractivity contribution is 7.93. The third-order valence-corrected chi connectivity index (χ3v) is 4.19. The van der Waals surface area contributed by atoms with E-state index in [0.29, 0.717) is 12.3 Å². The summed E-state index contributed by atoms with van der Waals surface area (Å²) in [5, 5.41) is 3.26. The molecule has 6 nitrogen and oxygen atoms in total. The van der Waals surface area contributed by atoms with Gasteiger partial charge in [-0.3, -0.25) is 14.4 Å². The Morgan fingerprint density at radius 2 is 1.80 bits per heavy atom. The molecule has 0 fully saturated rings. The van der Waals surface area contributed by atoms with Crippen LogP contribution in [-0.4, -0.2) is 28.7 Å². The van der Waals surface area contributed by atoms with Gasteiger partial charge < -0.3 is 0 Å². The van der Waals surface area contributed by atoms with E-state index in [9.17, 15) is 34.8 Å². The van der Waals surface area contributed by atoms with Crippen molar-refractivity contribution >= 4 is 27.3 Å². The fraction of sp³-hybridized carbons (Fsp3) is 0.273. The van der Waals surface area contributed by atoms with Crippen molar-refractivity contribution in [3.63, 3.8) is 0 Å². The van der Waals surface area contributed by atoms with Crippen molar-refractivity contribution in [2.24, 2.45) is 0 Å². The molecule has 138 valence electrons. The lowest BCUT2D eigenvalue weighted by atomic mass is 10.2. The minimum Gasteiger partial charge on any atom is -0.273 e. The molecule has 25 heavy (non-hydrogen) atoms. The van der Waals surface area contributed by atoms with Crippen LogP contribution >= 0.6 is 11.6 Å². The topological polar surface area (TPSA) is 76.9 Å². The Morgan fingerprint density at radius 1 is 1.16 bits per heavy atom. The van der Waals surface area contributed by atoms with Crippen LogP contribution in [0.15, 0.2) is 24.7 Å². The largest absolute Gasteiger partial charge is 0.516 e. The number of halogens is 7. The fourth-order valence-corrected chi connectivity index (χ4v) is 2.36. The van der Waals surface area contributed by atoms with Gasteiger partial charge in [0.1, 0.15) is 0 Å². The number of pyridine rings is 1. The lowest BCUT2D eigenvalue weighted by Crippen LogP contribution is -2.29. The molecule has 2 rings (SSSR count). The number of alkyl halides is 6. The molecule has 0 aliphatic rings. The zero-order valence-corrected chi connectivity index (χ0v) is 13.3. The minimum atomic E-state index is -5.61. The van der Waals surface area contributed by atoms with Crippen LogP contribution in [0, 0.1) is 0 Å². The second kappa shape index (κ2) is 6.37. The number of hydrogen-bond donors (Lipinski definition) is 1. The first-order valence-corrected chi connectivity index (χ1v) is 7.99. The third kappa shape index (κ3) is 4.54. The van der Waals surface area contributed by atoms with Crippen molar-refractivity contribution in [2.45, 2.75) is 18.2 Å². The smallest absolute Gasteiger partial charge is 0.273 e. The Balaban J connectivity index is 2.17. The summed E-state index contributed by atoms with van der Waals surface area (Å²) in [5.74, 6) is 0. The van der Waals surface area contributed by atoms with Crippen LogP contribution in [-0.2, 0) is 22.7 Å². The fourth-order valence-electron chi connectivity index (χ4n) is 1.61. The average molecular weight is 409 g/mol. The van der Waals surface area contributed by atoms with Gasteiger partial charge in [0.2, 0.25) is 0 Å². The van der Waals surface area contributed by atoms with Crippen LogP contribution in [0.2, 0.25) is 5.02 Å². The molecule has 1 N–H and O–H groups in total. The number of hydrogen-bond acceptors (Lipinski definition) is 4. The molecule has 0 unspecified atom stereocenters. The maximum Gasteiger partial charge on any atom is 0.516 e. The first-order chi connectivity index (χ1) is 11.3. The van der Waals surface area contributed by atoms with E-state index >= 15 is 0 Å². The standard InChI is InChI=1S/C11H7ClF6N4O2S/c12-8-1-6(10(13,14)15)2-19-9(8)5-22-4-7(3-20-22)21-25(23,24)11(16,17)18/h1-4,21H,5H2. The molecule has 0 amide bonds. The van der Waals surface area contributed by atoms with Gasteiger partial charge in [0, 0.05) is 12.4 Å². The highest BCUT2D eigenvalue weighted by atomic mass is 35.5. The van der Waals surface area contributed by atoms with Gasteiger partial charge in [-0.15, -0.1) is 0 Å². The lowest BCUT2D eigenvalue weighted by molar-refractivity contribution is -0.137. The summed E-state index contributed by atoms with van der Waals surface area (Å²) >= 11 is 5.69. The quantitative estimate of drug-likeness (QED) is 0.788. The van der Waals surface area contributed by atoms with Crippen molar-refractivity contribution in [1.29, 1.82) is 0 Å². The van der Waals surface area contributed by atoms with Gasteiger partial charge in [-0.1, -0.05) is 11.6 Å². The Bertz CT molecular complexity index is 877. The van der Waals surface area contributed by atoms with Gasteiger partial charge in [0.15, 0.2) is 0 Å². The molecule has 2 heterocycles. The van der Waals surface area contributed by atoms with Crippen LogP contribution in [0.3, 0.4) is 0 Å². The number of anilines is 1. The highest BCUT2D eigenvalue weighted by Crippen LogP contribution is 2.31. The van der Waals surface area contributed by atoms with E-state index in [-0.39, 0.29) is 17.3 Å². The van der Waals surface area contributed by atoms with Crippen LogP contribution < -0.4 is 4.72 Å². The number of nitrogens with one attached hydrogen (secondary N) is 1. The van der Waals surface area contributed by atoms with Gasteiger partial charge in [-0.05, 0) is 6.07 Å². The summed E-state index contributed by atoms with van der Waals surface area (Å²) in [6.07, 6.45) is -2.40. The second-order valence-electron chi connectivity index (χ2n) is 4.63. The molecule has 0 radical (unpaired) electrons. The normalized spacial score (nSPS) is 13.1. The Kier molecular flexibility index (Phi) is 4.92. The Hall–Kier alpha value is -2.02. The van der Waals surface area contributed by atoms with Crippen LogP contribution in [0.1, 0.15) is 11.3 Å². The predicted molar refractivity (Wildman–Crippen MR) is 74.2 cm³/mol. The number of sulfonamides is 1. The maximum atomic E-state index is 12.5. The summed E-state index contributed by atoms with van der Waals surface area (Å²) in [4.78, 5) is 3.53. The molecule has 2 aromatic heterocycles. The zero-order valence-electron chi connectivity index (χ0n) is 11.7. The van der Waals surface area contributed by atoms with Gasteiger partial charge in [0.25, 0.3) is 0 Å². The first-order valence-electron chi connectivity index (χ1n) is 6.13. The summed E-state index contributed by atoms with van der Waals surface area (Å²) in [5.41, 5.74) is -7.10. The Morgan fingerprint density at radius 3 is 2.32 bits per heavy atom. The second-order valence-corrected chi connectivity index (χ2v) is 6.71. The molecular weight excluding hydrogens is 402 g/mol. The molecule has 0 bridgehead atoms. The van der Waals surface area contributed by atoms with E-state index in [1.54, 1.807) is 0 Å². The molecule has 0 aromatic carbocycles. The molecule has 14 heteroatoms. The molecular formula is C11H7ClF6N4O2S. The number of nitrogens with zero attached hydrogens (tertiary/aromatic N) is 3. The summed E-state index contributed by atoms with van der Waals surface area (Å²) < 4.78 is 98.5. The van der Waals surface area contributed by atoms with E-state index in [2.05, 4.69) is 10.1 Å². The number of aromatic nitrogens is 3. The molecule has 2 aromatic rings. The van der Waals surface area contributed by atoms with Crippen LogP contribution in [0.5, 0.6) is 0 Å². The highest BCUT2D eigenvalue weighted by Gasteiger charge is 2.46. The van der Waals surface area contributed by atoms with Crippen LogP contribution in [0.4, 0.5) is 32.0 Å². The summed E-state index contributed by atoms with van der Waals surface area (Å²) in [6.45, 7) is -0.287. The molecule has 0 saturated heterocycles. The van der Waals surface area contributed by atoms with Crippen molar-refractivity contribution < 1.29 is 34.8 Å². The van der Waals surface area contributed by atoms with E-state index in [1.165, 1.54) is 4.72 Å². The van der Waals surface area contributed by atoms with Crippen LogP contribution in [0.25, 0.3) is 0 Å². The van der Waals surface area contributed by atoms with Crippen molar-refractivity contribution in [3.8, 4) is 0 Å². The van der Waals surface area contributed by atoms with Crippen molar-refractivity contribution in [2.75, 3.05) is 4.72 Å². The van der Waals surface area contributed by atoms with Gasteiger partial charge in [-0.25, -0.2) is 0 Å². The monoisotopic (exact) mass is 408 g/mol. The van der Waals surface area contributed by atoms with Crippen molar-refractivity contribution in [1.82, 2.24) is 14.8 Å². The number of rotatable bonds is 4. The Labute approximate surface area is 141 Å². The zero-order chi connectivity index (χ0) is 19.0. The van der Waals surface area contributed by atoms with E-state index < -0.39 is 33.0 Å². The molecule has 0 aliphatic heterocycles. The van der Waals surface area contributed by atoms with E-state index in [1.807, 2.05) is 0 Å².